The Morgan fingerprint density at radius 1 is 1.33 bits per heavy atom. The number of halogens is 1. The fraction of sp³-hybridized carbons (Fsp3) is 0.333. The Kier molecular flexibility index (Phi) is 2.69. The topological polar surface area (TPSA) is 59.9 Å². The second-order valence-corrected chi connectivity index (χ2v) is 3.73. The van der Waals surface area contributed by atoms with E-state index in [9.17, 15) is 12.3 Å². The minimum atomic E-state index is -4.38. The zero-order valence-electron chi connectivity index (χ0n) is 6.14. The Morgan fingerprint density at radius 3 is 2.42 bits per heavy atom. The third-order valence-electron chi connectivity index (χ3n) is 1.25. The summed E-state index contributed by atoms with van der Waals surface area (Å²) in [6.45, 7) is 0. The van der Waals surface area contributed by atoms with Crippen molar-refractivity contribution in [3.8, 4) is 0 Å². The van der Waals surface area contributed by atoms with Crippen LogP contribution < -0.4 is 0 Å². The third-order valence-corrected chi connectivity index (χ3v) is 1.94. The van der Waals surface area contributed by atoms with Gasteiger partial charge in [0.2, 0.25) is 0 Å². The first kappa shape index (κ1) is 9.05. The number of nitrogens with zero attached hydrogens (tertiary/aromatic N) is 2. The van der Waals surface area contributed by atoms with Gasteiger partial charge >= 0.3 is 10.2 Å². The van der Waals surface area contributed by atoms with Gasteiger partial charge in [0.1, 0.15) is 6.33 Å². The SMILES string of the molecule is O=S(=O)(F)CCc1cncnc1. The van der Waals surface area contributed by atoms with Crippen molar-refractivity contribution in [2.45, 2.75) is 6.42 Å². The molecule has 4 nitrogen and oxygen atoms in total. The van der Waals surface area contributed by atoms with E-state index in [1.165, 1.54) is 18.7 Å². The van der Waals surface area contributed by atoms with E-state index in [-0.39, 0.29) is 6.42 Å². The largest absolute Gasteiger partial charge is 0.302 e. The van der Waals surface area contributed by atoms with Crippen LogP contribution in [-0.4, -0.2) is 24.1 Å². The molecule has 1 aromatic rings. The van der Waals surface area contributed by atoms with E-state index in [4.69, 9.17) is 0 Å². The molecule has 1 rings (SSSR count). The highest BCUT2D eigenvalue weighted by molar-refractivity contribution is 7.86. The molecule has 0 saturated heterocycles. The third kappa shape index (κ3) is 3.38. The lowest BCUT2D eigenvalue weighted by atomic mass is 10.3. The van der Waals surface area contributed by atoms with Gasteiger partial charge in [-0.05, 0) is 12.0 Å². The molecule has 0 bridgehead atoms. The fourth-order valence-electron chi connectivity index (χ4n) is 0.699. The molecule has 0 N–H and O–H groups in total. The smallest absolute Gasteiger partial charge is 0.245 e. The van der Waals surface area contributed by atoms with Crippen molar-refractivity contribution >= 4 is 10.2 Å². The zero-order valence-corrected chi connectivity index (χ0v) is 6.96. The predicted molar refractivity (Wildman–Crippen MR) is 40.6 cm³/mol. The number of aryl methyl sites for hydroxylation is 1. The van der Waals surface area contributed by atoms with Crippen LogP contribution in [0.2, 0.25) is 0 Å². The van der Waals surface area contributed by atoms with E-state index in [1.807, 2.05) is 0 Å². The minimum Gasteiger partial charge on any atom is -0.245 e. The molecular formula is C6H7FN2O2S. The van der Waals surface area contributed by atoms with Crippen LogP contribution in [0.3, 0.4) is 0 Å². The standard InChI is InChI=1S/C6H7FN2O2S/c7-12(10,11)2-1-6-3-8-5-9-4-6/h3-5H,1-2H2. The van der Waals surface area contributed by atoms with Crippen molar-refractivity contribution in [1.82, 2.24) is 9.97 Å². The Balaban J connectivity index is 2.56. The first-order valence-corrected chi connectivity index (χ1v) is 4.79. The van der Waals surface area contributed by atoms with E-state index < -0.39 is 16.0 Å². The Labute approximate surface area is 69.7 Å². The summed E-state index contributed by atoms with van der Waals surface area (Å²) < 4.78 is 32.2. The highest BCUT2D eigenvalue weighted by atomic mass is 32.3. The molecule has 66 valence electrons. The molecule has 12 heavy (non-hydrogen) atoms. The lowest BCUT2D eigenvalue weighted by molar-refractivity contribution is 0.551. The normalized spacial score (nSPS) is 11.4. The van der Waals surface area contributed by atoms with Gasteiger partial charge in [0.15, 0.2) is 0 Å². The van der Waals surface area contributed by atoms with Crippen LogP contribution in [0, 0.1) is 0 Å². The molecule has 1 heterocycles. The van der Waals surface area contributed by atoms with Gasteiger partial charge < -0.3 is 0 Å². The maximum absolute atomic E-state index is 12.0. The van der Waals surface area contributed by atoms with E-state index >= 15 is 0 Å². The quantitative estimate of drug-likeness (QED) is 0.644. The first-order valence-electron chi connectivity index (χ1n) is 3.24. The summed E-state index contributed by atoms with van der Waals surface area (Å²) >= 11 is 0. The average molecular weight is 190 g/mol. The number of aromatic nitrogens is 2. The van der Waals surface area contributed by atoms with Gasteiger partial charge in [0.05, 0.1) is 5.75 Å². The molecule has 0 radical (unpaired) electrons. The first-order chi connectivity index (χ1) is 5.58. The van der Waals surface area contributed by atoms with E-state index in [2.05, 4.69) is 9.97 Å². The van der Waals surface area contributed by atoms with Crippen molar-refractivity contribution in [1.29, 1.82) is 0 Å². The monoisotopic (exact) mass is 190 g/mol. The lowest BCUT2D eigenvalue weighted by Crippen LogP contribution is -2.02. The van der Waals surface area contributed by atoms with E-state index in [1.54, 1.807) is 0 Å². The number of rotatable bonds is 3. The van der Waals surface area contributed by atoms with Gasteiger partial charge in [-0.2, -0.15) is 8.42 Å². The van der Waals surface area contributed by atoms with E-state index in [0.29, 0.717) is 5.56 Å². The molecule has 0 aliphatic rings. The predicted octanol–water partition coefficient (Wildman–Crippen LogP) is 0.318. The highest BCUT2D eigenvalue weighted by Gasteiger charge is 2.06. The number of hydrogen-bond acceptors (Lipinski definition) is 4. The van der Waals surface area contributed by atoms with Gasteiger partial charge in [0.25, 0.3) is 0 Å². The fourth-order valence-corrected chi connectivity index (χ4v) is 1.18. The summed E-state index contributed by atoms with van der Waals surface area (Å²) in [6.07, 6.45) is 4.35. The van der Waals surface area contributed by atoms with Crippen molar-refractivity contribution < 1.29 is 12.3 Å². The molecule has 0 saturated carbocycles. The van der Waals surface area contributed by atoms with Gasteiger partial charge in [0, 0.05) is 12.4 Å². The number of hydrogen-bond donors (Lipinski definition) is 0. The highest BCUT2D eigenvalue weighted by Crippen LogP contribution is 1.99. The summed E-state index contributed by atoms with van der Waals surface area (Å²) in [4.78, 5) is 7.31. The van der Waals surface area contributed by atoms with Crippen LogP contribution in [0.15, 0.2) is 18.7 Å². The molecule has 6 heteroatoms. The van der Waals surface area contributed by atoms with Crippen LogP contribution in [0.4, 0.5) is 3.89 Å². The molecule has 0 aliphatic carbocycles. The summed E-state index contributed by atoms with van der Waals surface area (Å²) in [7, 11) is -4.38. The van der Waals surface area contributed by atoms with Crippen LogP contribution in [0.5, 0.6) is 0 Å². The molecule has 0 aromatic carbocycles. The summed E-state index contributed by atoms with van der Waals surface area (Å²) in [5.41, 5.74) is 0.610. The van der Waals surface area contributed by atoms with Gasteiger partial charge in [-0.25, -0.2) is 9.97 Å². The van der Waals surface area contributed by atoms with Crippen LogP contribution >= 0.6 is 0 Å². The van der Waals surface area contributed by atoms with Gasteiger partial charge in [-0.3, -0.25) is 0 Å². The molecule has 0 spiro atoms. The second kappa shape index (κ2) is 3.57. The minimum absolute atomic E-state index is 0.111. The molecule has 0 unspecified atom stereocenters. The maximum atomic E-state index is 12.0. The van der Waals surface area contributed by atoms with Gasteiger partial charge in [-0.1, -0.05) is 0 Å². The Bertz CT molecular complexity index is 338. The molecule has 0 aliphatic heterocycles. The van der Waals surface area contributed by atoms with Crippen LogP contribution in [0.1, 0.15) is 5.56 Å². The maximum Gasteiger partial charge on any atom is 0.302 e. The van der Waals surface area contributed by atoms with Crippen molar-refractivity contribution in [3.63, 3.8) is 0 Å². The summed E-state index contributed by atoms with van der Waals surface area (Å²) in [5.74, 6) is -0.514. The van der Waals surface area contributed by atoms with Crippen LogP contribution in [-0.2, 0) is 16.6 Å². The molecule has 0 atom stereocenters. The molecule has 1 aromatic heterocycles. The average Bonchev–Trinajstić information content (AvgIpc) is 2.02. The van der Waals surface area contributed by atoms with Gasteiger partial charge in [-0.15, -0.1) is 3.89 Å². The lowest BCUT2D eigenvalue weighted by Gasteiger charge is -1.94. The summed E-state index contributed by atoms with van der Waals surface area (Å²) in [6, 6.07) is 0. The molecular weight excluding hydrogens is 183 g/mol. The van der Waals surface area contributed by atoms with Crippen molar-refractivity contribution in [2.75, 3.05) is 5.75 Å². The van der Waals surface area contributed by atoms with E-state index in [0.717, 1.165) is 0 Å². The van der Waals surface area contributed by atoms with Crippen molar-refractivity contribution in [2.24, 2.45) is 0 Å². The molecule has 0 fully saturated rings. The van der Waals surface area contributed by atoms with Crippen molar-refractivity contribution in [3.05, 3.63) is 24.3 Å². The Morgan fingerprint density at radius 2 is 1.92 bits per heavy atom. The molecule has 0 amide bonds. The Hall–Kier alpha value is -1.04. The van der Waals surface area contributed by atoms with Crippen LogP contribution in [0.25, 0.3) is 0 Å². The second-order valence-electron chi connectivity index (χ2n) is 2.24. The zero-order chi connectivity index (χ0) is 9.03. The summed E-state index contributed by atoms with van der Waals surface area (Å²) in [5, 5.41) is 0.